The van der Waals surface area contributed by atoms with Gasteiger partial charge in [-0.2, -0.15) is 8.78 Å². The van der Waals surface area contributed by atoms with E-state index < -0.39 is 6.61 Å². The van der Waals surface area contributed by atoms with Crippen LogP contribution in [0.25, 0.3) is 0 Å². The van der Waals surface area contributed by atoms with Crippen molar-refractivity contribution in [3.05, 3.63) is 23.8 Å². The van der Waals surface area contributed by atoms with Gasteiger partial charge in [-0.3, -0.25) is 9.89 Å². The standard InChI is InChI=1S/C19H31F2N5O2.HI/c1-14(26-9-7-25(3)8-10-26)12-23-19(22-2)24-13-15-11-16(27-4)5-6-17(15)28-18(20)21;/h5-6,11,14,18H,7-10,12-13H2,1-4H3,(H2,22,23,24);1H. The third-order valence-corrected chi connectivity index (χ3v) is 4.88. The van der Waals surface area contributed by atoms with Gasteiger partial charge < -0.3 is 25.0 Å². The van der Waals surface area contributed by atoms with Gasteiger partial charge >= 0.3 is 6.61 Å². The molecule has 1 aliphatic rings. The molecule has 1 saturated heterocycles. The van der Waals surface area contributed by atoms with Crippen LogP contribution >= 0.6 is 24.0 Å². The Hall–Kier alpha value is -1.40. The van der Waals surface area contributed by atoms with Crippen molar-refractivity contribution in [2.45, 2.75) is 26.1 Å². The van der Waals surface area contributed by atoms with Crippen molar-refractivity contribution in [1.29, 1.82) is 0 Å². The zero-order valence-corrected chi connectivity index (χ0v) is 19.8. The van der Waals surface area contributed by atoms with E-state index in [1.54, 1.807) is 19.2 Å². The molecule has 0 amide bonds. The van der Waals surface area contributed by atoms with Crippen LogP contribution in [-0.2, 0) is 6.54 Å². The normalized spacial score (nSPS) is 16.9. The van der Waals surface area contributed by atoms with E-state index in [0.717, 1.165) is 32.7 Å². The number of benzene rings is 1. The molecule has 2 N–H and O–H groups in total. The number of rotatable bonds is 8. The Morgan fingerprint density at radius 2 is 1.90 bits per heavy atom. The van der Waals surface area contributed by atoms with Crippen LogP contribution in [0.3, 0.4) is 0 Å². The lowest BCUT2D eigenvalue weighted by Gasteiger charge is -2.36. The topological polar surface area (TPSA) is 61.4 Å². The Labute approximate surface area is 188 Å². The van der Waals surface area contributed by atoms with Crippen molar-refractivity contribution >= 4 is 29.9 Å². The van der Waals surface area contributed by atoms with Crippen LogP contribution in [0.1, 0.15) is 12.5 Å². The molecule has 1 aliphatic heterocycles. The summed E-state index contributed by atoms with van der Waals surface area (Å²) in [4.78, 5) is 8.98. The van der Waals surface area contributed by atoms with E-state index in [1.807, 2.05) is 0 Å². The summed E-state index contributed by atoms with van der Waals surface area (Å²) in [5.41, 5.74) is 0.565. The van der Waals surface area contributed by atoms with Crippen molar-refractivity contribution in [2.24, 2.45) is 4.99 Å². The number of alkyl halides is 2. The Kier molecular flexibility index (Phi) is 11.5. The summed E-state index contributed by atoms with van der Waals surface area (Å²) in [6.07, 6.45) is 0. The number of piperazine rings is 1. The highest BCUT2D eigenvalue weighted by molar-refractivity contribution is 14.0. The quantitative estimate of drug-likeness (QED) is 0.307. The summed E-state index contributed by atoms with van der Waals surface area (Å²) in [7, 11) is 5.34. The molecular weight excluding hydrogens is 495 g/mol. The van der Waals surface area contributed by atoms with Crippen molar-refractivity contribution in [3.63, 3.8) is 0 Å². The average molecular weight is 527 g/mol. The van der Waals surface area contributed by atoms with Gasteiger partial charge in [-0.25, -0.2) is 0 Å². The first kappa shape index (κ1) is 25.6. The van der Waals surface area contributed by atoms with E-state index in [9.17, 15) is 8.78 Å². The van der Waals surface area contributed by atoms with Gasteiger partial charge in [-0.05, 0) is 32.2 Å². The van der Waals surface area contributed by atoms with Gasteiger partial charge in [0.15, 0.2) is 5.96 Å². The molecule has 29 heavy (non-hydrogen) atoms. The van der Waals surface area contributed by atoms with Gasteiger partial charge in [-0.15, -0.1) is 24.0 Å². The fraction of sp³-hybridized carbons (Fsp3) is 0.632. The highest BCUT2D eigenvalue weighted by Crippen LogP contribution is 2.25. The summed E-state index contributed by atoms with van der Waals surface area (Å²) >= 11 is 0. The summed E-state index contributed by atoms with van der Waals surface area (Å²) in [6.45, 7) is 4.55. The molecule has 0 aromatic heterocycles. The zero-order valence-electron chi connectivity index (χ0n) is 17.5. The van der Waals surface area contributed by atoms with Crippen molar-refractivity contribution < 1.29 is 18.3 Å². The Morgan fingerprint density at radius 3 is 2.48 bits per heavy atom. The first-order valence-corrected chi connectivity index (χ1v) is 9.41. The molecule has 0 radical (unpaired) electrons. The highest BCUT2D eigenvalue weighted by atomic mass is 127. The summed E-state index contributed by atoms with van der Waals surface area (Å²) in [6, 6.07) is 5.10. The van der Waals surface area contributed by atoms with Crippen LogP contribution in [-0.4, -0.2) is 82.3 Å². The first-order chi connectivity index (χ1) is 13.4. The smallest absolute Gasteiger partial charge is 0.387 e. The summed E-state index contributed by atoms with van der Waals surface area (Å²) < 4.78 is 35.1. The number of methoxy groups -OCH3 is 1. The molecule has 1 unspecified atom stereocenters. The lowest BCUT2D eigenvalue weighted by atomic mass is 10.2. The Bertz CT molecular complexity index is 643. The van der Waals surface area contributed by atoms with Crippen LogP contribution in [0, 0.1) is 0 Å². The van der Waals surface area contributed by atoms with E-state index >= 15 is 0 Å². The predicted octanol–water partition coefficient (Wildman–Crippen LogP) is 2.22. The maximum atomic E-state index is 12.6. The fourth-order valence-electron chi connectivity index (χ4n) is 3.07. The minimum Gasteiger partial charge on any atom is -0.497 e. The molecule has 10 heteroatoms. The van der Waals surface area contributed by atoms with Crippen LogP contribution in [0.5, 0.6) is 11.5 Å². The molecule has 166 valence electrons. The highest BCUT2D eigenvalue weighted by Gasteiger charge is 2.19. The number of guanidine groups is 1. The van der Waals surface area contributed by atoms with Crippen LogP contribution < -0.4 is 20.1 Å². The number of aliphatic imine (C=N–C) groups is 1. The van der Waals surface area contributed by atoms with Crippen LogP contribution in [0.2, 0.25) is 0 Å². The largest absolute Gasteiger partial charge is 0.497 e. The number of hydrogen-bond acceptors (Lipinski definition) is 5. The second kappa shape index (κ2) is 13.0. The number of likely N-dealkylation sites (N-methyl/N-ethyl adjacent to an activating group) is 1. The molecule has 1 aromatic carbocycles. The average Bonchev–Trinajstić information content (AvgIpc) is 2.69. The molecule has 0 bridgehead atoms. The third-order valence-electron chi connectivity index (χ3n) is 4.88. The van der Waals surface area contributed by atoms with Crippen LogP contribution in [0.15, 0.2) is 23.2 Å². The monoisotopic (exact) mass is 527 g/mol. The van der Waals surface area contributed by atoms with Crippen molar-refractivity contribution in [1.82, 2.24) is 20.4 Å². The van der Waals surface area contributed by atoms with E-state index in [4.69, 9.17) is 4.74 Å². The number of ether oxygens (including phenoxy) is 2. The second-order valence-electron chi connectivity index (χ2n) is 6.85. The fourth-order valence-corrected chi connectivity index (χ4v) is 3.07. The molecule has 0 saturated carbocycles. The molecule has 1 heterocycles. The minimum atomic E-state index is -2.88. The lowest BCUT2D eigenvalue weighted by molar-refractivity contribution is -0.0504. The molecule has 2 rings (SSSR count). The van der Waals surface area contributed by atoms with Gasteiger partial charge in [0, 0.05) is 57.9 Å². The number of hydrogen-bond donors (Lipinski definition) is 2. The molecule has 1 aromatic rings. The Morgan fingerprint density at radius 1 is 1.21 bits per heavy atom. The first-order valence-electron chi connectivity index (χ1n) is 9.41. The summed E-state index contributed by atoms with van der Waals surface area (Å²) in [5.74, 6) is 1.29. The van der Waals surface area contributed by atoms with Gasteiger partial charge in [0.05, 0.1) is 7.11 Å². The van der Waals surface area contributed by atoms with Crippen LogP contribution in [0.4, 0.5) is 8.78 Å². The summed E-state index contributed by atoms with van der Waals surface area (Å²) in [5, 5.41) is 6.45. The Balaban J connectivity index is 0.00000420. The molecule has 0 spiro atoms. The van der Waals surface area contributed by atoms with Gasteiger partial charge in [-0.1, -0.05) is 0 Å². The lowest BCUT2D eigenvalue weighted by Crippen LogP contribution is -2.52. The molecular formula is C19H32F2IN5O2. The van der Waals surface area contributed by atoms with E-state index in [0.29, 0.717) is 23.3 Å². The van der Waals surface area contributed by atoms with E-state index in [-0.39, 0.29) is 36.3 Å². The molecule has 1 fully saturated rings. The SMILES string of the molecule is CN=C(NCc1cc(OC)ccc1OC(F)F)NCC(C)N1CCN(C)CC1.I. The number of nitrogens with zero attached hydrogens (tertiary/aromatic N) is 3. The zero-order chi connectivity index (χ0) is 20.5. The maximum absolute atomic E-state index is 12.6. The van der Waals surface area contributed by atoms with Crippen molar-refractivity contribution in [3.8, 4) is 11.5 Å². The minimum absolute atomic E-state index is 0. The number of halogens is 3. The van der Waals surface area contributed by atoms with Crippen molar-refractivity contribution in [2.75, 3.05) is 53.9 Å². The molecule has 1 atom stereocenters. The van der Waals surface area contributed by atoms with Gasteiger partial charge in [0.25, 0.3) is 0 Å². The molecule has 7 nitrogen and oxygen atoms in total. The predicted molar refractivity (Wildman–Crippen MR) is 122 cm³/mol. The third kappa shape index (κ3) is 8.47. The van der Waals surface area contributed by atoms with E-state index in [1.165, 1.54) is 13.2 Å². The number of nitrogens with one attached hydrogen (secondary N) is 2. The second-order valence-corrected chi connectivity index (χ2v) is 6.85. The van der Waals surface area contributed by atoms with Gasteiger partial charge in [0.2, 0.25) is 0 Å². The van der Waals surface area contributed by atoms with Gasteiger partial charge in [0.1, 0.15) is 11.5 Å². The maximum Gasteiger partial charge on any atom is 0.387 e. The molecule has 0 aliphatic carbocycles. The van der Waals surface area contributed by atoms with E-state index in [2.05, 4.69) is 44.1 Å².